The van der Waals surface area contributed by atoms with E-state index in [1.165, 1.54) is 0 Å². The highest BCUT2D eigenvalue weighted by Crippen LogP contribution is 2.41. The zero-order valence-electron chi connectivity index (χ0n) is 18.1. The maximum absolute atomic E-state index is 13.1. The number of ether oxygens (including phenoxy) is 1. The number of rotatable bonds is 5. The minimum absolute atomic E-state index is 0.0310. The molecule has 0 saturated heterocycles. The van der Waals surface area contributed by atoms with E-state index in [0.717, 1.165) is 47.1 Å². The van der Waals surface area contributed by atoms with E-state index in [4.69, 9.17) is 9.26 Å². The Kier molecular flexibility index (Phi) is 5.30. The number of fused-ring (bicyclic) bond motifs is 3. The molecule has 7 nitrogen and oxygen atoms in total. The van der Waals surface area contributed by atoms with Gasteiger partial charge in [-0.3, -0.25) is 4.79 Å². The molecule has 2 heterocycles. The van der Waals surface area contributed by atoms with Crippen molar-refractivity contribution < 1.29 is 32.3 Å². The molecule has 1 unspecified atom stereocenters. The first kappa shape index (κ1) is 22.0. The van der Waals surface area contributed by atoms with E-state index < -0.39 is 17.5 Å². The number of hydrogen-bond acceptors (Lipinski definition) is 6. The highest BCUT2D eigenvalue weighted by atomic mass is 19.4. The number of benzene rings is 2. The number of aryl methyl sites for hydroxylation is 1. The molecular weight excluding hydrogens is 451 g/mol. The number of halogens is 3. The number of H-pyrrole nitrogens is 1. The Balaban J connectivity index is 1.46. The molecule has 1 aliphatic rings. The topological polar surface area (TPSA) is 101 Å². The van der Waals surface area contributed by atoms with Crippen LogP contribution in [0, 0.1) is 0 Å². The number of nitrogens with one attached hydrogen (secondary N) is 1. The molecule has 5 rings (SSSR count). The summed E-state index contributed by atoms with van der Waals surface area (Å²) in [4.78, 5) is 19.6. The largest absolute Gasteiger partial charge is 0.508 e. The molecule has 176 valence electrons. The zero-order chi connectivity index (χ0) is 24.0. The summed E-state index contributed by atoms with van der Waals surface area (Å²) < 4.78 is 49.6. The predicted octanol–water partition coefficient (Wildman–Crippen LogP) is 5.59. The number of carbonyl (C=O) groups is 1. The van der Waals surface area contributed by atoms with Gasteiger partial charge in [-0.05, 0) is 61.7 Å². The minimum Gasteiger partial charge on any atom is -0.508 e. The molecule has 10 heteroatoms. The Labute approximate surface area is 191 Å². The van der Waals surface area contributed by atoms with Crippen LogP contribution in [0.2, 0.25) is 0 Å². The highest BCUT2D eigenvalue weighted by Gasteiger charge is 2.32. The number of hydrogen-bond donors (Lipinski definition) is 2. The van der Waals surface area contributed by atoms with E-state index >= 15 is 0 Å². The summed E-state index contributed by atoms with van der Waals surface area (Å²) in [5.74, 6) is -0.628. The number of phenols is 1. The van der Waals surface area contributed by atoms with Crippen LogP contribution >= 0.6 is 0 Å². The number of carbonyl (C=O) groups excluding carboxylic acids is 1. The van der Waals surface area contributed by atoms with Crippen LogP contribution in [-0.4, -0.2) is 32.8 Å². The Morgan fingerprint density at radius 1 is 1.24 bits per heavy atom. The summed E-state index contributed by atoms with van der Waals surface area (Å²) >= 11 is 0. The second kappa shape index (κ2) is 8.19. The smallest absolute Gasteiger partial charge is 0.416 e. The van der Waals surface area contributed by atoms with Crippen molar-refractivity contribution >= 4 is 16.9 Å². The number of aromatic hydroxyl groups is 1. The van der Waals surface area contributed by atoms with Gasteiger partial charge in [-0.1, -0.05) is 5.16 Å². The fraction of sp³-hybridized carbons (Fsp3) is 0.292. The van der Waals surface area contributed by atoms with Gasteiger partial charge < -0.3 is 19.4 Å². The Bertz CT molecular complexity index is 1390. The van der Waals surface area contributed by atoms with Gasteiger partial charge in [-0.25, -0.2) is 0 Å². The van der Waals surface area contributed by atoms with Crippen molar-refractivity contribution in [3.63, 3.8) is 0 Å². The minimum atomic E-state index is -4.62. The average molecular weight is 471 g/mol. The number of aromatic amines is 1. The highest BCUT2D eigenvalue weighted by molar-refractivity contribution is 5.89. The molecule has 0 fully saturated rings. The van der Waals surface area contributed by atoms with E-state index in [1.807, 2.05) is 12.1 Å². The Hall–Kier alpha value is -3.82. The number of aromatic nitrogens is 3. The summed E-state index contributed by atoms with van der Waals surface area (Å²) in [7, 11) is 0. The number of phenolic OH excluding ortho intramolecular Hbond substituents is 1. The molecular formula is C24H20F3N3O4. The van der Waals surface area contributed by atoms with Gasteiger partial charge in [0, 0.05) is 33.6 Å². The molecule has 0 bridgehead atoms. The molecule has 1 atom stereocenters. The first-order valence-corrected chi connectivity index (χ1v) is 10.8. The van der Waals surface area contributed by atoms with Crippen molar-refractivity contribution in [3.05, 3.63) is 53.2 Å². The third kappa shape index (κ3) is 4.00. The predicted molar refractivity (Wildman–Crippen MR) is 116 cm³/mol. The van der Waals surface area contributed by atoms with Crippen molar-refractivity contribution in [2.24, 2.45) is 0 Å². The van der Waals surface area contributed by atoms with Gasteiger partial charge in [-0.2, -0.15) is 18.2 Å². The summed E-state index contributed by atoms with van der Waals surface area (Å²) in [6.45, 7) is 2.13. The first-order chi connectivity index (χ1) is 16.2. The van der Waals surface area contributed by atoms with Crippen molar-refractivity contribution in [2.45, 2.75) is 38.3 Å². The van der Waals surface area contributed by atoms with Gasteiger partial charge in [-0.15, -0.1) is 0 Å². The van der Waals surface area contributed by atoms with Crippen molar-refractivity contribution in [2.75, 3.05) is 6.61 Å². The lowest BCUT2D eigenvalue weighted by atomic mass is 10.0. The zero-order valence-corrected chi connectivity index (χ0v) is 18.1. The van der Waals surface area contributed by atoms with Crippen LogP contribution in [0.5, 0.6) is 5.75 Å². The van der Waals surface area contributed by atoms with Gasteiger partial charge in [0.05, 0.1) is 18.6 Å². The summed E-state index contributed by atoms with van der Waals surface area (Å²) in [5.41, 5.74) is 2.65. The summed E-state index contributed by atoms with van der Waals surface area (Å²) in [6, 6.07) is 8.18. The fourth-order valence-corrected chi connectivity index (χ4v) is 4.47. The van der Waals surface area contributed by atoms with Crippen molar-refractivity contribution in [1.82, 2.24) is 15.1 Å². The maximum Gasteiger partial charge on any atom is 0.416 e. The second-order valence-corrected chi connectivity index (χ2v) is 8.21. The van der Waals surface area contributed by atoms with Gasteiger partial charge in [0.15, 0.2) is 0 Å². The van der Waals surface area contributed by atoms with Gasteiger partial charge in [0.25, 0.3) is 5.89 Å². The van der Waals surface area contributed by atoms with E-state index in [0.29, 0.717) is 24.7 Å². The van der Waals surface area contributed by atoms with E-state index in [2.05, 4.69) is 15.1 Å². The lowest BCUT2D eigenvalue weighted by Crippen LogP contribution is -2.08. The van der Waals surface area contributed by atoms with Crippen LogP contribution in [-0.2, 0) is 22.1 Å². The number of nitrogens with zero attached hydrogens (tertiary/aromatic N) is 2. The molecule has 2 N–H and O–H groups in total. The SMILES string of the molecule is CCOC(=O)CC1CCc2c1[nH]c1ccc(-c3noc(-c4cc(O)cc(C(F)(F)F)c4)n3)cc21. The van der Waals surface area contributed by atoms with Crippen LogP contribution < -0.4 is 0 Å². The molecule has 0 saturated carbocycles. The fourth-order valence-electron chi connectivity index (χ4n) is 4.47. The third-order valence-corrected chi connectivity index (χ3v) is 5.98. The molecule has 0 amide bonds. The molecule has 2 aromatic carbocycles. The van der Waals surface area contributed by atoms with Crippen LogP contribution in [0.15, 0.2) is 40.9 Å². The standard InChI is InChI=1S/C24H20F3N3O4/c1-2-33-20(32)10-12-3-5-17-18-9-13(4-6-19(18)28-21(12)17)22-29-23(34-30-22)14-7-15(24(25,26)27)11-16(31)8-14/h4,6-9,11-12,28,31H,2-3,5,10H2,1H3. The van der Waals surface area contributed by atoms with Crippen LogP contribution in [0.4, 0.5) is 13.2 Å². The third-order valence-electron chi connectivity index (χ3n) is 5.98. The van der Waals surface area contributed by atoms with E-state index in [-0.39, 0.29) is 29.2 Å². The van der Waals surface area contributed by atoms with Crippen LogP contribution in [0.25, 0.3) is 33.7 Å². The summed E-state index contributed by atoms with van der Waals surface area (Å²) in [5, 5.41) is 14.6. The second-order valence-electron chi connectivity index (χ2n) is 8.21. The molecule has 34 heavy (non-hydrogen) atoms. The van der Waals surface area contributed by atoms with E-state index in [9.17, 15) is 23.1 Å². The lowest BCUT2D eigenvalue weighted by Gasteiger charge is -2.08. The molecule has 0 radical (unpaired) electrons. The van der Waals surface area contributed by atoms with Gasteiger partial charge in [0.1, 0.15) is 5.75 Å². The Morgan fingerprint density at radius 2 is 2.06 bits per heavy atom. The molecule has 0 aliphatic heterocycles. The van der Waals surface area contributed by atoms with Gasteiger partial charge in [0.2, 0.25) is 5.82 Å². The molecule has 0 spiro atoms. The Morgan fingerprint density at radius 3 is 2.82 bits per heavy atom. The van der Waals surface area contributed by atoms with Crippen molar-refractivity contribution in [1.29, 1.82) is 0 Å². The first-order valence-electron chi connectivity index (χ1n) is 10.8. The van der Waals surface area contributed by atoms with Crippen LogP contribution in [0.3, 0.4) is 0 Å². The van der Waals surface area contributed by atoms with Gasteiger partial charge >= 0.3 is 12.1 Å². The number of alkyl halides is 3. The quantitative estimate of drug-likeness (QED) is 0.368. The number of esters is 1. The van der Waals surface area contributed by atoms with Crippen LogP contribution in [0.1, 0.15) is 42.5 Å². The maximum atomic E-state index is 13.1. The van der Waals surface area contributed by atoms with Crippen molar-refractivity contribution in [3.8, 4) is 28.6 Å². The monoisotopic (exact) mass is 471 g/mol. The average Bonchev–Trinajstić information content (AvgIpc) is 3.49. The lowest BCUT2D eigenvalue weighted by molar-refractivity contribution is -0.143. The molecule has 2 aromatic heterocycles. The normalized spacial score (nSPS) is 15.6. The van der Waals surface area contributed by atoms with E-state index in [1.54, 1.807) is 13.0 Å². The molecule has 1 aliphatic carbocycles. The molecule has 4 aromatic rings. The summed E-state index contributed by atoms with van der Waals surface area (Å²) in [6.07, 6.45) is -2.66.